The molecule has 0 aliphatic carbocycles. The van der Waals surface area contributed by atoms with Crippen molar-refractivity contribution in [1.82, 2.24) is 4.31 Å². The number of likely N-dealkylation sites (N-methyl/N-ethyl adjacent to an activating group) is 1. The molecule has 2 aromatic carbocycles. The van der Waals surface area contributed by atoms with Crippen molar-refractivity contribution in [2.45, 2.75) is 25.2 Å². The maximum absolute atomic E-state index is 13.0. The van der Waals surface area contributed by atoms with Crippen LogP contribution in [0.15, 0.2) is 41.3 Å². The van der Waals surface area contributed by atoms with Gasteiger partial charge < -0.3 is 24.3 Å². The number of fused-ring (bicyclic) bond motifs is 1. The van der Waals surface area contributed by atoms with E-state index in [-0.39, 0.29) is 11.4 Å². The van der Waals surface area contributed by atoms with Crippen LogP contribution in [0.3, 0.4) is 0 Å². The third-order valence-electron chi connectivity index (χ3n) is 4.62. The SMILES string of the molecule is CCOc1ccc(NC(=O)CN(C)S(=O)(=O)c2ccc3c(c2)OCCCO3)cc1OCC. The van der Waals surface area contributed by atoms with Gasteiger partial charge in [0, 0.05) is 31.3 Å². The molecule has 0 radical (unpaired) electrons. The van der Waals surface area contributed by atoms with Crippen LogP contribution in [0, 0.1) is 0 Å². The molecule has 2 aromatic rings. The average molecular weight is 465 g/mol. The lowest BCUT2D eigenvalue weighted by Crippen LogP contribution is -2.35. The number of hydrogen-bond acceptors (Lipinski definition) is 7. The summed E-state index contributed by atoms with van der Waals surface area (Å²) < 4.78 is 49.1. The number of amides is 1. The van der Waals surface area contributed by atoms with E-state index in [2.05, 4.69) is 5.32 Å². The first-order valence-electron chi connectivity index (χ1n) is 10.4. The fourth-order valence-corrected chi connectivity index (χ4v) is 4.24. The summed E-state index contributed by atoms with van der Waals surface area (Å²) in [6.07, 6.45) is 0.716. The fourth-order valence-electron chi connectivity index (χ4n) is 3.10. The lowest BCUT2D eigenvalue weighted by Gasteiger charge is -2.18. The van der Waals surface area contributed by atoms with E-state index >= 15 is 0 Å². The molecule has 174 valence electrons. The zero-order chi connectivity index (χ0) is 23.1. The predicted octanol–water partition coefficient (Wildman–Crippen LogP) is 2.90. The summed E-state index contributed by atoms with van der Waals surface area (Å²) in [5.74, 6) is 1.46. The highest BCUT2D eigenvalue weighted by molar-refractivity contribution is 7.89. The molecule has 0 saturated heterocycles. The van der Waals surface area contributed by atoms with E-state index in [1.165, 1.54) is 19.2 Å². The molecule has 0 unspecified atom stereocenters. The summed E-state index contributed by atoms with van der Waals surface area (Å²) in [4.78, 5) is 12.5. The topological polar surface area (TPSA) is 103 Å². The molecule has 0 saturated carbocycles. The molecular formula is C22H28N2O7S. The Labute approximate surface area is 188 Å². The van der Waals surface area contributed by atoms with Gasteiger partial charge >= 0.3 is 0 Å². The summed E-state index contributed by atoms with van der Waals surface area (Å²) in [6.45, 7) is 5.22. The molecule has 0 spiro atoms. The number of anilines is 1. The van der Waals surface area contributed by atoms with Crippen molar-refractivity contribution in [2.24, 2.45) is 0 Å². The summed E-state index contributed by atoms with van der Waals surface area (Å²) in [5.41, 5.74) is 0.475. The third-order valence-corrected chi connectivity index (χ3v) is 6.42. The lowest BCUT2D eigenvalue weighted by atomic mass is 10.2. The van der Waals surface area contributed by atoms with E-state index < -0.39 is 15.9 Å². The van der Waals surface area contributed by atoms with E-state index in [1.54, 1.807) is 24.3 Å². The molecule has 9 nitrogen and oxygen atoms in total. The number of sulfonamides is 1. The van der Waals surface area contributed by atoms with E-state index in [0.29, 0.717) is 61.5 Å². The number of benzene rings is 2. The van der Waals surface area contributed by atoms with Crippen LogP contribution >= 0.6 is 0 Å². The maximum Gasteiger partial charge on any atom is 0.243 e. The molecule has 3 rings (SSSR count). The zero-order valence-corrected chi connectivity index (χ0v) is 19.2. The second-order valence-electron chi connectivity index (χ2n) is 7.00. The Kier molecular flexibility index (Phi) is 7.81. The van der Waals surface area contributed by atoms with Crippen molar-refractivity contribution in [2.75, 3.05) is 45.3 Å². The minimum Gasteiger partial charge on any atom is -0.490 e. The van der Waals surface area contributed by atoms with Crippen molar-refractivity contribution in [3.05, 3.63) is 36.4 Å². The predicted molar refractivity (Wildman–Crippen MR) is 119 cm³/mol. The molecule has 1 heterocycles. The first-order valence-corrected chi connectivity index (χ1v) is 11.8. The molecule has 0 fully saturated rings. The molecule has 0 atom stereocenters. The molecule has 0 aromatic heterocycles. The van der Waals surface area contributed by atoms with Crippen LogP contribution in [0.5, 0.6) is 23.0 Å². The second-order valence-corrected chi connectivity index (χ2v) is 9.04. The fraction of sp³-hybridized carbons (Fsp3) is 0.409. The van der Waals surface area contributed by atoms with Crippen LogP contribution in [0.25, 0.3) is 0 Å². The van der Waals surface area contributed by atoms with Crippen LogP contribution in [-0.4, -0.2) is 58.7 Å². The van der Waals surface area contributed by atoms with E-state index in [9.17, 15) is 13.2 Å². The Bertz CT molecular complexity index is 1060. The second kappa shape index (κ2) is 10.6. The molecule has 1 aliphatic heterocycles. The van der Waals surface area contributed by atoms with Gasteiger partial charge in [0.05, 0.1) is 37.9 Å². The monoisotopic (exact) mass is 464 g/mol. The number of hydrogen-bond donors (Lipinski definition) is 1. The Balaban J connectivity index is 1.70. The van der Waals surface area contributed by atoms with Crippen LogP contribution in [0.1, 0.15) is 20.3 Å². The average Bonchev–Trinajstić information content (AvgIpc) is 3.00. The molecule has 1 amide bonds. The number of nitrogens with zero attached hydrogens (tertiary/aromatic N) is 1. The Morgan fingerprint density at radius 3 is 2.41 bits per heavy atom. The largest absolute Gasteiger partial charge is 0.490 e. The van der Waals surface area contributed by atoms with Gasteiger partial charge in [0.2, 0.25) is 15.9 Å². The van der Waals surface area contributed by atoms with Gasteiger partial charge in [-0.25, -0.2) is 8.42 Å². The molecule has 0 bridgehead atoms. The summed E-state index contributed by atoms with van der Waals surface area (Å²) in [7, 11) is -2.56. The first kappa shape index (κ1) is 23.7. The van der Waals surface area contributed by atoms with Gasteiger partial charge in [-0.2, -0.15) is 4.31 Å². The minimum atomic E-state index is -3.91. The number of rotatable bonds is 9. The Morgan fingerprint density at radius 1 is 1.00 bits per heavy atom. The van der Waals surface area contributed by atoms with Crippen molar-refractivity contribution >= 4 is 21.6 Å². The van der Waals surface area contributed by atoms with Crippen molar-refractivity contribution in [3.63, 3.8) is 0 Å². The number of carbonyl (C=O) groups is 1. The van der Waals surface area contributed by atoms with E-state index in [4.69, 9.17) is 18.9 Å². The third kappa shape index (κ3) is 5.63. The van der Waals surface area contributed by atoms with Gasteiger partial charge in [0.25, 0.3) is 0 Å². The van der Waals surface area contributed by atoms with Crippen LogP contribution in [0.4, 0.5) is 5.69 Å². The molecule has 1 aliphatic rings. The quantitative estimate of drug-likeness (QED) is 0.609. The highest BCUT2D eigenvalue weighted by Gasteiger charge is 2.25. The van der Waals surface area contributed by atoms with Crippen molar-refractivity contribution < 1.29 is 32.2 Å². The zero-order valence-electron chi connectivity index (χ0n) is 18.4. The first-order chi connectivity index (χ1) is 15.3. The van der Waals surface area contributed by atoms with Crippen LogP contribution in [-0.2, 0) is 14.8 Å². The summed E-state index contributed by atoms with van der Waals surface area (Å²) in [6, 6.07) is 9.44. The number of carbonyl (C=O) groups excluding carboxylic acids is 1. The maximum atomic E-state index is 13.0. The lowest BCUT2D eigenvalue weighted by molar-refractivity contribution is -0.116. The van der Waals surface area contributed by atoms with Gasteiger partial charge in [0.1, 0.15) is 0 Å². The van der Waals surface area contributed by atoms with Crippen molar-refractivity contribution in [3.8, 4) is 23.0 Å². The molecular weight excluding hydrogens is 436 g/mol. The van der Waals surface area contributed by atoms with E-state index in [1.807, 2.05) is 13.8 Å². The highest BCUT2D eigenvalue weighted by atomic mass is 32.2. The number of ether oxygens (including phenoxy) is 4. The normalized spacial score (nSPS) is 13.4. The highest BCUT2D eigenvalue weighted by Crippen LogP contribution is 2.33. The minimum absolute atomic E-state index is 0.0248. The molecule has 32 heavy (non-hydrogen) atoms. The standard InChI is InChI=1S/C22H28N2O7S/c1-4-28-18-9-7-16(13-20(18)29-5-2)23-22(25)15-24(3)32(26,27)17-8-10-19-21(14-17)31-12-6-11-30-19/h7-10,13-14H,4-6,11-12,15H2,1-3H3,(H,23,25). The van der Waals surface area contributed by atoms with Gasteiger partial charge in [0.15, 0.2) is 23.0 Å². The smallest absolute Gasteiger partial charge is 0.243 e. The van der Waals surface area contributed by atoms with E-state index in [0.717, 1.165) is 4.31 Å². The van der Waals surface area contributed by atoms with Crippen molar-refractivity contribution in [1.29, 1.82) is 0 Å². The molecule has 10 heteroatoms. The number of nitrogens with one attached hydrogen (secondary N) is 1. The van der Waals surface area contributed by atoms with Gasteiger partial charge in [-0.1, -0.05) is 0 Å². The Morgan fingerprint density at radius 2 is 1.69 bits per heavy atom. The Hall–Kier alpha value is -2.98. The summed E-state index contributed by atoms with van der Waals surface area (Å²) in [5, 5.41) is 2.70. The van der Waals surface area contributed by atoms with Gasteiger partial charge in [-0.05, 0) is 38.1 Å². The van der Waals surface area contributed by atoms with Crippen LogP contribution < -0.4 is 24.3 Å². The summed E-state index contributed by atoms with van der Waals surface area (Å²) >= 11 is 0. The molecule has 1 N–H and O–H groups in total. The van der Waals surface area contributed by atoms with Crippen LogP contribution in [0.2, 0.25) is 0 Å². The van der Waals surface area contributed by atoms with Gasteiger partial charge in [-0.3, -0.25) is 4.79 Å². The van der Waals surface area contributed by atoms with Gasteiger partial charge in [-0.15, -0.1) is 0 Å².